The van der Waals surface area contributed by atoms with E-state index in [9.17, 15) is 23.1 Å². The number of aromatic hydroxyl groups is 1. The van der Waals surface area contributed by atoms with Gasteiger partial charge in [-0.3, -0.25) is 9.79 Å². The van der Waals surface area contributed by atoms with Crippen LogP contribution in [0.2, 0.25) is 0 Å². The molecule has 0 bridgehead atoms. The van der Waals surface area contributed by atoms with E-state index in [0.29, 0.717) is 24.0 Å². The number of ether oxygens (including phenoxy) is 1. The second-order valence-corrected chi connectivity index (χ2v) is 5.31. The molecule has 0 heterocycles. The third-order valence-corrected chi connectivity index (χ3v) is 3.25. The standard InChI is InChI=1S/C18H17F3N2O3/c1-2-7-26-12-4-3-11(15(24)8-12)9-22-10-16(25)23-14-6-5-13(19)17(20)18(14)21/h3-6,8-9,24H,2,7,10H2,1H3,(H,23,25). The number of hydrogen-bond donors (Lipinski definition) is 2. The van der Waals surface area contributed by atoms with E-state index in [1.807, 2.05) is 6.92 Å². The second kappa shape index (κ2) is 8.89. The van der Waals surface area contributed by atoms with Crippen molar-refractivity contribution in [3.05, 3.63) is 53.3 Å². The molecule has 0 unspecified atom stereocenters. The molecular weight excluding hydrogens is 349 g/mol. The van der Waals surface area contributed by atoms with Crippen molar-refractivity contribution in [2.45, 2.75) is 13.3 Å². The van der Waals surface area contributed by atoms with Crippen molar-refractivity contribution >= 4 is 17.8 Å². The highest BCUT2D eigenvalue weighted by Crippen LogP contribution is 2.22. The minimum atomic E-state index is -1.67. The Morgan fingerprint density at radius 2 is 2.00 bits per heavy atom. The molecule has 1 amide bonds. The normalized spacial score (nSPS) is 10.9. The summed E-state index contributed by atoms with van der Waals surface area (Å²) in [6.07, 6.45) is 2.09. The van der Waals surface area contributed by atoms with Crippen LogP contribution in [0.1, 0.15) is 18.9 Å². The summed E-state index contributed by atoms with van der Waals surface area (Å²) in [4.78, 5) is 15.6. The van der Waals surface area contributed by atoms with Gasteiger partial charge in [0.25, 0.3) is 0 Å². The van der Waals surface area contributed by atoms with Gasteiger partial charge in [-0.15, -0.1) is 0 Å². The Labute approximate surface area is 148 Å². The van der Waals surface area contributed by atoms with Gasteiger partial charge in [0.05, 0.1) is 12.3 Å². The van der Waals surface area contributed by atoms with Crippen molar-refractivity contribution in [1.82, 2.24) is 0 Å². The number of halogens is 3. The largest absolute Gasteiger partial charge is 0.507 e. The molecule has 0 aromatic heterocycles. The molecule has 0 aliphatic heterocycles. The number of nitrogens with zero attached hydrogens (tertiary/aromatic N) is 1. The Morgan fingerprint density at radius 3 is 2.69 bits per heavy atom. The highest BCUT2D eigenvalue weighted by molar-refractivity contribution is 5.94. The van der Waals surface area contributed by atoms with E-state index in [1.165, 1.54) is 12.3 Å². The Hall–Kier alpha value is -3.03. The summed E-state index contributed by atoms with van der Waals surface area (Å²) in [5.74, 6) is -4.79. The summed E-state index contributed by atoms with van der Waals surface area (Å²) >= 11 is 0. The molecule has 0 aliphatic rings. The number of carbonyl (C=O) groups is 1. The average Bonchev–Trinajstić information content (AvgIpc) is 2.62. The zero-order valence-electron chi connectivity index (χ0n) is 13.9. The fourth-order valence-electron chi connectivity index (χ4n) is 1.98. The maximum absolute atomic E-state index is 13.5. The SMILES string of the molecule is CCCOc1ccc(C=NCC(=O)Nc2ccc(F)c(F)c2F)c(O)c1. The number of phenolic OH excluding ortho intramolecular Hbond substituents is 1. The van der Waals surface area contributed by atoms with Crippen LogP contribution in [0.5, 0.6) is 11.5 Å². The van der Waals surface area contributed by atoms with Gasteiger partial charge in [0.15, 0.2) is 17.5 Å². The molecule has 0 radical (unpaired) electrons. The molecular formula is C18H17F3N2O3. The monoisotopic (exact) mass is 366 g/mol. The Morgan fingerprint density at radius 1 is 1.23 bits per heavy atom. The Kier molecular flexibility index (Phi) is 6.60. The van der Waals surface area contributed by atoms with E-state index >= 15 is 0 Å². The predicted molar refractivity (Wildman–Crippen MR) is 91.3 cm³/mol. The molecule has 2 N–H and O–H groups in total. The number of anilines is 1. The summed E-state index contributed by atoms with van der Waals surface area (Å²) < 4.78 is 44.8. The number of nitrogens with one attached hydrogen (secondary N) is 1. The van der Waals surface area contributed by atoms with Gasteiger partial charge in [0.1, 0.15) is 18.0 Å². The molecule has 0 atom stereocenters. The number of carbonyl (C=O) groups excluding carboxylic acids is 1. The minimum Gasteiger partial charge on any atom is -0.507 e. The van der Waals surface area contributed by atoms with Crippen LogP contribution in [0, 0.1) is 17.5 Å². The zero-order valence-corrected chi connectivity index (χ0v) is 13.9. The first-order valence-corrected chi connectivity index (χ1v) is 7.81. The molecule has 5 nitrogen and oxygen atoms in total. The first-order chi connectivity index (χ1) is 12.4. The third kappa shape index (κ3) is 4.98. The van der Waals surface area contributed by atoms with E-state index in [0.717, 1.165) is 12.5 Å². The van der Waals surface area contributed by atoms with E-state index in [1.54, 1.807) is 12.1 Å². The average molecular weight is 366 g/mol. The van der Waals surface area contributed by atoms with Crippen molar-refractivity contribution in [2.24, 2.45) is 4.99 Å². The topological polar surface area (TPSA) is 70.9 Å². The molecule has 0 aliphatic carbocycles. The molecule has 138 valence electrons. The maximum Gasteiger partial charge on any atom is 0.246 e. The van der Waals surface area contributed by atoms with Crippen LogP contribution in [0.4, 0.5) is 18.9 Å². The van der Waals surface area contributed by atoms with Crippen LogP contribution in [0.3, 0.4) is 0 Å². The summed E-state index contributed by atoms with van der Waals surface area (Å²) in [6, 6.07) is 6.26. The van der Waals surface area contributed by atoms with Crippen LogP contribution in [-0.2, 0) is 4.79 Å². The molecule has 2 rings (SSSR count). The number of amides is 1. The van der Waals surface area contributed by atoms with E-state index < -0.39 is 35.6 Å². The predicted octanol–water partition coefficient (Wildman–Crippen LogP) is 3.66. The fourth-order valence-corrected chi connectivity index (χ4v) is 1.98. The quantitative estimate of drug-likeness (QED) is 0.580. The maximum atomic E-state index is 13.5. The van der Waals surface area contributed by atoms with Gasteiger partial charge in [-0.2, -0.15) is 0 Å². The van der Waals surface area contributed by atoms with Crippen molar-refractivity contribution < 1.29 is 27.8 Å². The van der Waals surface area contributed by atoms with Crippen LogP contribution in [-0.4, -0.2) is 30.4 Å². The van der Waals surface area contributed by atoms with Gasteiger partial charge in [0, 0.05) is 17.8 Å². The second-order valence-electron chi connectivity index (χ2n) is 5.31. The minimum absolute atomic E-state index is 0.0746. The van der Waals surface area contributed by atoms with Gasteiger partial charge in [-0.1, -0.05) is 6.92 Å². The molecule has 8 heteroatoms. The van der Waals surface area contributed by atoms with Crippen molar-refractivity contribution in [2.75, 3.05) is 18.5 Å². The van der Waals surface area contributed by atoms with E-state index in [4.69, 9.17) is 4.74 Å². The smallest absolute Gasteiger partial charge is 0.246 e. The van der Waals surface area contributed by atoms with Crippen LogP contribution in [0.15, 0.2) is 35.3 Å². The number of benzene rings is 2. The van der Waals surface area contributed by atoms with Gasteiger partial charge in [-0.25, -0.2) is 13.2 Å². The summed E-state index contributed by atoms with van der Waals surface area (Å²) in [7, 11) is 0. The molecule has 0 fully saturated rings. The molecule has 0 saturated carbocycles. The van der Waals surface area contributed by atoms with Gasteiger partial charge < -0.3 is 15.2 Å². The lowest BCUT2D eigenvalue weighted by Gasteiger charge is -2.07. The van der Waals surface area contributed by atoms with Gasteiger partial charge >= 0.3 is 0 Å². The third-order valence-electron chi connectivity index (χ3n) is 3.25. The molecule has 2 aromatic carbocycles. The van der Waals surface area contributed by atoms with E-state index in [2.05, 4.69) is 10.3 Å². The van der Waals surface area contributed by atoms with E-state index in [-0.39, 0.29) is 5.75 Å². The molecule has 0 saturated heterocycles. The first-order valence-electron chi connectivity index (χ1n) is 7.81. The van der Waals surface area contributed by atoms with Crippen LogP contribution >= 0.6 is 0 Å². The molecule has 2 aromatic rings. The summed E-state index contributed by atoms with van der Waals surface area (Å²) in [6.45, 7) is 2.08. The zero-order chi connectivity index (χ0) is 19.1. The Bertz CT molecular complexity index is 826. The highest BCUT2D eigenvalue weighted by Gasteiger charge is 2.14. The van der Waals surface area contributed by atoms with Gasteiger partial charge in [-0.05, 0) is 30.7 Å². The number of phenols is 1. The summed E-state index contributed by atoms with van der Waals surface area (Å²) in [5.41, 5.74) is -0.120. The van der Waals surface area contributed by atoms with Crippen LogP contribution < -0.4 is 10.1 Å². The number of aliphatic imine (C=N–C) groups is 1. The van der Waals surface area contributed by atoms with Gasteiger partial charge in [0.2, 0.25) is 5.91 Å². The van der Waals surface area contributed by atoms with Crippen molar-refractivity contribution in [1.29, 1.82) is 0 Å². The van der Waals surface area contributed by atoms with Crippen molar-refractivity contribution in [3.63, 3.8) is 0 Å². The lowest BCUT2D eigenvalue weighted by atomic mass is 10.2. The summed E-state index contributed by atoms with van der Waals surface area (Å²) in [5, 5.41) is 12.0. The fraction of sp³-hybridized carbons (Fsp3) is 0.222. The number of hydrogen-bond acceptors (Lipinski definition) is 4. The highest BCUT2D eigenvalue weighted by atomic mass is 19.2. The van der Waals surface area contributed by atoms with Crippen molar-refractivity contribution in [3.8, 4) is 11.5 Å². The van der Waals surface area contributed by atoms with Crippen LogP contribution in [0.25, 0.3) is 0 Å². The lowest BCUT2D eigenvalue weighted by molar-refractivity contribution is -0.114. The molecule has 0 spiro atoms. The lowest BCUT2D eigenvalue weighted by Crippen LogP contribution is -2.16. The number of rotatable bonds is 7. The first kappa shape index (κ1) is 19.3. The molecule has 26 heavy (non-hydrogen) atoms. The Balaban J connectivity index is 1.96.